The van der Waals surface area contributed by atoms with Crippen LogP contribution in [0.25, 0.3) is 0 Å². The van der Waals surface area contributed by atoms with Crippen molar-refractivity contribution in [1.29, 1.82) is 0 Å². The SMILES string of the molecule is FC(F)(F)c1ccc2c(c1)CC(Cc1ccccc1)N2c1cccc(N2CCC2)c1. The molecule has 0 saturated carbocycles. The second kappa shape index (κ2) is 7.38. The Morgan fingerprint density at radius 3 is 2.30 bits per heavy atom. The fourth-order valence-corrected chi connectivity index (χ4v) is 4.52. The van der Waals surface area contributed by atoms with Gasteiger partial charge in [0.2, 0.25) is 0 Å². The molecule has 3 aromatic rings. The average Bonchev–Trinajstić information content (AvgIpc) is 3.04. The molecule has 0 radical (unpaired) electrons. The summed E-state index contributed by atoms with van der Waals surface area (Å²) in [5.41, 5.74) is 4.48. The van der Waals surface area contributed by atoms with Gasteiger partial charge >= 0.3 is 6.18 Å². The summed E-state index contributed by atoms with van der Waals surface area (Å²) in [6.45, 7) is 2.12. The highest BCUT2D eigenvalue weighted by Gasteiger charge is 2.36. The Morgan fingerprint density at radius 1 is 0.833 bits per heavy atom. The predicted octanol–water partition coefficient (Wildman–Crippen LogP) is 6.22. The maximum Gasteiger partial charge on any atom is 0.416 e. The van der Waals surface area contributed by atoms with Gasteiger partial charge in [-0.1, -0.05) is 36.4 Å². The summed E-state index contributed by atoms with van der Waals surface area (Å²) in [5, 5.41) is 0. The molecule has 1 fully saturated rings. The normalized spacial score (nSPS) is 18.3. The average molecular weight is 408 g/mol. The van der Waals surface area contributed by atoms with Crippen LogP contribution in [0, 0.1) is 0 Å². The number of nitrogens with zero attached hydrogens (tertiary/aromatic N) is 2. The van der Waals surface area contributed by atoms with Gasteiger partial charge in [0.05, 0.1) is 5.56 Å². The second-order valence-electron chi connectivity index (χ2n) is 8.12. The minimum Gasteiger partial charge on any atom is -0.371 e. The number of fused-ring (bicyclic) bond motifs is 1. The van der Waals surface area contributed by atoms with Crippen molar-refractivity contribution in [3.05, 3.63) is 89.5 Å². The van der Waals surface area contributed by atoms with Crippen molar-refractivity contribution in [2.24, 2.45) is 0 Å². The zero-order valence-corrected chi connectivity index (χ0v) is 16.6. The van der Waals surface area contributed by atoms with Crippen molar-refractivity contribution in [2.75, 3.05) is 22.9 Å². The Bertz CT molecular complexity index is 1040. The molecule has 154 valence electrons. The van der Waals surface area contributed by atoms with Gasteiger partial charge in [-0.3, -0.25) is 0 Å². The van der Waals surface area contributed by atoms with Crippen LogP contribution in [-0.4, -0.2) is 19.1 Å². The molecule has 1 saturated heterocycles. The molecule has 5 heteroatoms. The van der Waals surface area contributed by atoms with E-state index in [0.717, 1.165) is 36.4 Å². The van der Waals surface area contributed by atoms with Crippen LogP contribution in [0.15, 0.2) is 72.8 Å². The lowest BCUT2D eigenvalue weighted by Crippen LogP contribution is -2.37. The summed E-state index contributed by atoms with van der Waals surface area (Å²) >= 11 is 0. The predicted molar refractivity (Wildman–Crippen MR) is 114 cm³/mol. The van der Waals surface area contributed by atoms with Crippen molar-refractivity contribution in [3.8, 4) is 0 Å². The lowest BCUT2D eigenvalue weighted by molar-refractivity contribution is -0.137. The first-order valence-electron chi connectivity index (χ1n) is 10.4. The third-order valence-corrected chi connectivity index (χ3v) is 6.13. The molecule has 0 amide bonds. The van der Waals surface area contributed by atoms with E-state index >= 15 is 0 Å². The highest BCUT2D eigenvalue weighted by Crippen LogP contribution is 2.43. The first-order valence-corrected chi connectivity index (χ1v) is 10.4. The van der Waals surface area contributed by atoms with Gasteiger partial charge in [0.15, 0.2) is 0 Å². The minimum absolute atomic E-state index is 0.0810. The number of hydrogen-bond donors (Lipinski definition) is 0. The number of alkyl halides is 3. The Kier molecular flexibility index (Phi) is 4.69. The van der Waals surface area contributed by atoms with Crippen LogP contribution in [0.5, 0.6) is 0 Å². The molecule has 0 aromatic heterocycles. The molecule has 30 heavy (non-hydrogen) atoms. The standard InChI is InChI=1S/C25H23F3N2/c26-25(27,28)20-10-11-24-19(15-20)16-23(14-18-6-2-1-3-7-18)30(24)22-9-4-8-21(17-22)29-12-5-13-29/h1-4,6-11,15,17,23H,5,12-14,16H2. The van der Waals surface area contributed by atoms with E-state index in [0.29, 0.717) is 6.42 Å². The molecule has 1 unspecified atom stereocenters. The second-order valence-corrected chi connectivity index (χ2v) is 8.12. The smallest absolute Gasteiger partial charge is 0.371 e. The van der Waals surface area contributed by atoms with Crippen LogP contribution < -0.4 is 9.80 Å². The van der Waals surface area contributed by atoms with E-state index in [1.54, 1.807) is 6.07 Å². The van der Waals surface area contributed by atoms with E-state index in [-0.39, 0.29) is 6.04 Å². The summed E-state index contributed by atoms with van der Waals surface area (Å²) in [7, 11) is 0. The molecule has 0 aliphatic carbocycles. The van der Waals surface area contributed by atoms with Crippen LogP contribution in [-0.2, 0) is 19.0 Å². The first-order chi connectivity index (χ1) is 14.5. The maximum absolute atomic E-state index is 13.3. The van der Waals surface area contributed by atoms with Crippen molar-refractivity contribution >= 4 is 17.1 Å². The summed E-state index contributed by atoms with van der Waals surface area (Å²) in [6.07, 6.45) is -1.74. The van der Waals surface area contributed by atoms with Gasteiger partial charge in [-0.15, -0.1) is 0 Å². The molecular weight excluding hydrogens is 385 g/mol. The van der Waals surface area contributed by atoms with Crippen LogP contribution in [0.3, 0.4) is 0 Å². The molecule has 0 bridgehead atoms. The number of anilines is 3. The summed E-state index contributed by atoms with van der Waals surface area (Å²) in [4.78, 5) is 4.56. The Morgan fingerprint density at radius 2 is 1.60 bits per heavy atom. The van der Waals surface area contributed by atoms with Gasteiger partial charge in [0.25, 0.3) is 0 Å². The zero-order chi connectivity index (χ0) is 20.7. The van der Waals surface area contributed by atoms with Crippen molar-refractivity contribution < 1.29 is 13.2 Å². The number of rotatable bonds is 4. The highest BCUT2D eigenvalue weighted by molar-refractivity contribution is 5.74. The van der Waals surface area contributed by atoms with Gasteiger partial charge in [-0.25, -0.2) is 0 Å². The van der Waals surface area contributed by atoms with Crippen molar-refractivity contribution in [2.45, 2.75) is 31.5 Å². The van der Waals surface area contributed by atoms with E-state index in [1.165, 1.54) is 29.8 Å². The van der Waals surface area contributed by atoms with Crippen molar-refractivity contribution in [3.63, 3.8) is 0 Å². The van der Waals surface area contributed by atoms with Gasteiger partial charge < -0.3 is 9.80 Å². The first kappa shape index (κ1) is 19.0. The molecule has 0 N–H and O–H groups in total. The van der Waals surface area contributed by atoms with Crippen LogP contribution in [0.1, 0.15) is 23.1 Å². The summed E-state index contributed by atoms with van der Waals surface area (Å²) in [6, 6.07) is 22.8. The molecule has 2 aliphatic rings. The molecular formula is C25H23F3N2. The van der Waals surface area contributed by atoms with Gasteiger partial charge in [0.1, 0.15) is 0 Å². The third kappa shape index (κ3) is 3.53. The maximum atomic E-state index is 13.3. The number of benzene rings is 3. The number of halogens is 3. The monoisotopic (exact) mass is 408 g/mol. The highest BCUT2D eigenvalue weighted by atomic mass is 19.4. The van der Waals surface area contributed by atoms with E-state index in [1.807, 2.05) is 24.3 Å². The topological polar surface area (TPSA) is 6.48 Å². The van der Waals surface area contributed by atoms with Crippen LogP contribution >= 0.6 is 0 Å². The quantitative estimate of drug-likeness (QED) is 0.506. The largest absolute Gasteiger partial charge is 0.416 e. The Hall–Kier alpha value is -2.95. The summed E-state index contributed by atoms with van der Waals surface area (Å²) < 4.78 is 39.9. The third-order valence-electron chi connectivity index (χ3n) is 6.13. The summed E-state index contributed by atoms with van der Waals surface area (Å²) in [5.74, 6) is 0. The van der Waals surface area contributed by atoms with Crippen LogP contribution in [0.2, 0.25) is 0 Å². The molecule has 5 rings (SSSR count). The van der Waals surface area contributed by atoms with E-state index in [4.69, 9.17) is 0 Å². The minimum atomic E-state index is -4.32. The fourth-order valence-electron chi connectivity index (χ4n) is 4.52. The molecule has 3 aromatic carbocycles. The molecule has 1 atom stereocenters. The molecule has 2 nitrogen and oxygen atoms in total. The van der Waals surface area contributed by atoms with Gasteiger partial charge in [-0.2, -0.15) is 13.2 Å². The lowest BCUT2D eigenvalue weighted by Gasteiger charge is -2.35. The Labute approximate surface area is 174 Å². The number of hydrogen-bond acceptors (Lipinski definition) is 2. The van der Waals surface area contributed by atoms with E-state index < -0.39 is 11.7 Å². The Balaban J connectivity index is 1.54. The fraction of sp³-hybridized carbons (Fsp3) is 0.280. The van der Waals surface area contributed by atoms with E-state index in [2.05, 4.69) is 40.1 Å². The van der Waals surface area contributed by atoms with Gasteiger partial charge in [0, 0.05) is 36.2 Å². The van der Waals surface area contributed by atoms with Gasteiger partial charge in [-0.05, 0) is 66.8 Å². The van der Waals surface area contributed by atoms with Crippen LogP contribution in [0.4, 0.5) is 30.2 Å². The molecule has 2 aliphatic heterocycles. The zero-order valence-electron chi connectivity index (χ0n) is 16.6. The molecule has 0 spiro atoms. The molecule has 2 heterocycles. The lowest BCUT2D eigenvalue weighted by atomic mass is 10.0. The van der Waals surface area contributed by atoms with E-state index in [9.17, 15) is 13.2 Å². The van der Waals surface area contributed by atoms with Crippen molar-refractivity contribution in [1.82, 2.24) is 0 Å².